The van der Waals surface area contributed by atoms with Crippen molar-refractivity contribution in [1.82, 2.24) is 19.7 Å². The van der Waals surface area contributed by atoms with Crippen LogP contribution in [0.3, 0.4) is 0 Å². The molecule has 0 fully saturated rings. The Morgan fingerprint density at radius 3 is 2.45 bits per heavy atom. The number of ketones is 1. The summed E-state index contributed by atoms with van der Waals surface area (Å²) in [6.45, 7) is 4.36. The van der Waals surface area contributed by atoms with E-state index in [9.17, 15) is 9.59 Å². The van der Waals surface area contributed by atoms with Gasteiger partial charge in [0.1, 0.15) is 5.82 Å². The Morgan fingerprint density at radius 2 is 1.74 bits per heavy atom. The summed E-state index contributed by atoms with van der Waals surface area (Å²) < 4.78 is 1.60. The van der Waals surface area contributed by atoms with Gasteiger partial charge in [0.25, 0.3) is 5.56 Å². The van der Waals surface area contributed by atoms with Crippen molar-refractivity contribution >= 4 is 11.6 Å². The van der Waals surface area contributed by atoms with Gasteiger partial charge in [-0.05, 0) is 18.9 Å². The Hall–Kier alpha value is -4.00. The van der Waals surface area contributed by atoms with E-state index in [0.29, 0.717) is 35.7 Å². The number of hydrogen-bond donors (Lipinski definition) is 2. The number of aromatic amines is 1. The van der Waals surface area contributed by atoms with Crippen molar-refractivity contribution in [3.63, 3.8) is 0 Å². The van der Waals surface area contributed by atoms with Crippen LogP contribution in [-0.2, 0) is 13.0 Å². The second-order valence-electron chi connectivity index (χ2n) is 7.24. The molecule has 0 spiro atoms. The minimum atomic E-state index is -0.209. The molecular weight excluding hydrogens is 390 g/mol. The van der Waals surface area contributed by atoms with Crippen molar-refractivity contribution in [1.29, 1.82) is 0 Å². The van der Waals surface area contributed by atoms with Crippen LogP contribution in [0.1, 0.15) is 39.8 Å². The van der Waals surface area contributed by atoms with Crippen LogP contribution in [0.2, 0.25) is 0 Å². The highest BCUT2D eigenvalue weighted by atomic mass is 16.1. The number of anilines is 1. The lowest BCUT2D eigenvalue weighted by Gasteiger charge is -2.10. The topological polar surface area (TPSA) is 92.7 Å². The molecule has 31 heavy (non-hydrogen) atoms. The van der Waals surface area contributed by atoms with Crippen molar-refractivity contribution in [2.45, 2.75) is 26.8 Å². The fraction of sp³-hybridized carbons (Fsp3) is 0.167. The molecule has 0 aliphatic carbocycles. The van der Waals surface area contributed by atoms with E-state index in [1.807, 2.05) is 74.5 Å². The first-order valence-corrected chi connectivity index (χ1v) is 10.1. The van der Waals surface area contributed by atoms with Crippen LogP contribution in [0.5, 0.6) is 0 Å². The fourth-order valence-electron chi connectivity index (χ4n) is 3.28. The van der Waals surface area contributed by atoms with E-state index in [-0.39, 0.29) is 11.3 Å². The Balaban J connectivity index is 1.51. The van der Waals surface area contributed by atoms with E-state index < -0.39 is 0 Å². The molecule has 2 aromatic heterocycles. The Bertz CT molecular complexity index is 1260. The van der Waals surface area contributed by atoms with Gasteiger partial charge in [-0.3, -0.25) is 14.6 Å². The number of rotatable bonds is 7. The molecule has 0 bridgehead atoms. The molecule has 0 aliphatic rings. The number of carbonyl (C=O) groups excluding carboxylic acids is 1. The molecule has 2 heterocycles. The highest BCUT2D eigenvalue weighted by Gasteiger charge is 2.12. The molecular formula is C24H23N5O2. The molecule has 156 valence electrons. The van der Waals surface area contributed by atoms with Crippen LogP contribution in [0.25, 0.3) is 5.95 Å². The zero-order valence-electron chi connectivity index (χ0n) is 17.4. The number of nitrogens with one attached hydrogen (secondary N) is 2. The highest BCUT2D eigenvalue weighted by Crippen LogP contribution is 2.16. The van der Waals surface area contributed by atoms with Crippen LogP contribution in [0.15, 0.2) is 71.5 Å². The summed E-state index contributed by atoms with van der Waals surface area (Å²) in [6, 6.07) is 20.1. The van der Waals surface area contributed by atoms with Gasteiger partial charge in [0.05, 0.1) is 5.69 Å². The third-order valence-electron chi connectivity index (χ3n) is 4.90. The zero-order chi connectivity index (χ0) is 21.8. The smallest absolute Gasteiger partial charge is 0.252 e. The average molecular weight is 413 g/mol. The fourth-order valence-corrected chi connectivity index (χ4v) is 3.28. The number of aryl methyl sites for hydroxylation is 2. The maximum absolute atomic E-state index is 12.6. The third-order valence-corrected chi connectivity index (χ3v) is 4.90. The van der Waals surface area contributed by atoms with Gasteiger partial charge in [-0.1, -0.05) is 61.5 Å². The van der Waals surface area contributed by atoms with E-state index >= 15 is 0 Å². The monoisotopic (exact) mass is 413 g/mol. The molecule has 4 aromatic rings. The molecule has 0 radical (unpaired) electrons. The molecule has 0 aliphatic heterocycles. The predicted molar refractivity (Wildman–Crippen MR) is 120 cm³/mol. The number of aromatic nitrogens is 4. The van der Waals surface area contributed by atoms with Gasteiger partial charge >= 0.3 is 0 Å². The maximum atomic E-state index is 12.6. The lowest BCUT2D eigenvalue weighted by Crippen LogP contribution is -2.16. The Labute approximate surface area is 179 Å². The van der Waals surface area contributed by atoms with Gasteiger partial charge in [0, 0.05) is 35.5 Å². The van der Waals surface area contributed by atoms with Crippen LogP contribution < -0.4 is 10.9 Å². The minimum Gasteiger partial charge on any atom is -0.366 e. The van der Waals surface area contributed by atoms with Crippen LogP contribution in [0.4, 0.5) is 5.82 Å². The molecule has 4 rings (SSSR count). The third kappa shape index (κ3) is 4.61. The van der Waals surface area contributed by atoms with Gasteiger partial charge < -0.3 is 5.32 Å². The first kappa shape index (κ1) is 20.3. The van der Waals surface area contributed by atoms with E-state index in [1.54, 1.807) is 4.68 Å². The standard InChI is InChI=1S/C24H23N5O2/c1-3-20-14-22(30)27-24(26-20)29-21(13-16(2)28-29)25-15-17-9-11-19(12-10-17)23(31)18-7-5-4-6-8-18/h4-14,25H,3,15H2,1-2H3,(H,26,27,30). The van der Waals surface area contributed by atoms with E-state index in [4.69, 9.17) is 0 Å². The zero-order valence-corrected chi connectivity index (χ0v) is 17.4. The van der Waals surface area contributed by atoms with Crippen molar-refractivity contribution in [2.75, 3.05) is 5.32 Å². The Kier molecular flexibility index (Phi) is 5.75. The molecule has 7 heteroatoms. The molecule has 0 saturated carbocycles. The van der Waals surface area contributed by atoms with E-state index in [1.165, 1.54) is 6.07 Å². The lowest BCUT2D eigenvalue weighted by atomic mass is 10.0. The molecule has 0 saturated heterocycles. The highest BCUT2D eigenvalue weighted by molar-refractivity contribution is 6.08. The number of hydrogen-bond acceptors (Lipinski definition) is 5. The summed E-state index contributed by atoms with van der Waals surface area (Å²) in [5, 5.41) is 7.80. The van der Waals surface area contributed by atoms with Crippen molar-refractivity contribution in [2.24, 2.45) is 0 Å². The van der Waals surface area contributed by atoms with Gasteiger partial charge in [-0.15, -0.1) is 0 Å². The van der Waals surface area contributed by atoms with Crippen molar-refractivity contribution in [3.05, 3.63) is 105 Å². The summed E-state index contributed by atoms with van der Waals surface area (Å²) in [4.78, 5) is 31.7. The SMILES string of the molecule is CCc1cc(=O)[nH]c(-n2nc(C)cc2NCc2ccc(C(=O)c3ccccc3)cc2)n1. The predicted octanol–water partition coefficient (Wildman–Crippen LogP) is 3.67. The van der Waals surface area contributed by atoms with Gasteiger partial charge in [-0.25, -0.2) is 4.98 Å². The number of nitrogens with zero attached hydrogens (tertiary/aromatic N) is 3. The van der Waals surface area contributed by atoms with Crippen LogP contribution >= 0.6 is 0 Å². The number of benzene rings is 2. The number of carbonyl (C=O) groups is 1. The second-order valence-corrected chi connectivity index (χ2v) is 7.24. The lowest BCUT2D eigenvalue weighted by molar-refractivity contribution is 0.103. The van der Waals surface area contributed by atoms with E-state index in [2.05, 4.69) is 20.4 Å². The summed E-state index contributed by atoms with van der Waals surface area (Å²) >= 11 is 0. The quantitative estimate of drug-likeness (QED) is 0.451. The van der Waals surface area contributed by atoms with Crippen molar-refractivity contribution < 1.29 is 4.79 Å². The molecule has 2 aromatic carbocycles. The second kappa shape index (κ2) is 8.79. The van der Waals surface area contributed by atoms with Gasteiger partial charge in [0.15, 0.2) is 5.78 Å². The maximum Gasteiger partial charge on any atom is 0.252 e. The number of H-pyrrole nitrogens is 1. The summed E-state index contributed by atoms with van der Waals surface area (Å²) in [5.41, 5.74) is 3.63. The average Bonchev–Trinajstić information content (AvgIpc) is 3.18. The molecule has 7 nitrogen and oxygen atoms in total. The summed E-state index contributed by atoms with van der Waals surface area (Å²) in [6.07, 6.45) is 0.661. The largest absolute Gasteiger partial charge is 0.366 e. The molecule has 0 unspecified atom stereocenters. The van der Waals surface area contributed by atoms with E-state index in [0.717, 1.165) is 17.1 Å². The first-order valence-electron chi connectivity index (χ1n) is 10.1. The Morgan fingerprint density at radius 1 is 1.03 bits per heavy atom. The van der Waals surface area contributed by atoms with Crippen LogP contribution in [-0.4, -0.2) is 25.5 Å². The van der Waals surface area contributed by atoms with Gasteiger partial charge in [0.2, 0.25) is 5.95 Å². The normalized spacial score (nSPS) is 10.8. The molecule has 0 atom stereocenters. The van der Waals surface area contributed by atoms with Crippen LogP contribution in [0, 0.1) is 6.92 Å². The first-order chi connectivity index (χ1) is 15.0. The summed E-state index contributed by atoms with van der Waals surface area (Å²) in [5.74, 6) is 1.10. The molecule has 0 amide bonds. The van der Waals surface area contributed by atoms with Crippen molar-refractivity contribution in [3.8, 4) is 5.95 Å². The molecule has 2 N–H and O–H groups in total. The summed E-state index contributed by atoms with van der Waals surface area (Å²) in [7, 11) is 0. The minimum absolute atomic E-state index is 0.000329. The van der Waals surface area contributed by atoms with Gasteiger partial charge in [-0.2, -0.15) is 9.78 Å².